The molecule has 0 spiro atoms. The number of furan rings is 1. The van der Waals surface area contributed by atoms with Crippen molar-refractivity contribution in [2.24, 2.45) is 0 Å². The third kappa shape index (κ3) is 2.88. The zero-order valence-electron chi connectivity index (χ0n) is 9.74. The average molecular weight is 249 g/mol. The van der Waals surface area contributed by atoms with Gasteiger partial charge in [-0.25, -0.2) is 9.18 Å². The summed E-state index contributed by atoms with van der Waals surface area (Å²) in [5, 5.41) is 11.7. The topological polar surface area (TPSA) is 62.5 Å². The molecule has 1 aromatic carbocycles. The van der Waals surface area contributed by atoms with E-state index in [0.29, 0.717) is 18.0 Å². The molecule has 94 valence electrons. The number of hydrogen-bond acceptors (Lipinski definition) is 3. The standard InChI is InChI=1S/C13H12FNO3/c1-8-2-10(14)5-11(3-8)15-6-12-4-9(7-18-12)13(16)17/h2-5,7,15H,6H2,1H3,(H,16,17). The number of carboxylic acids is 1. The molecule has 0 saturated heterocycles. The third-order valence-electron chi connectivity index (χ3n) is 2.41. The summed E-state index contributed by atoms with van der Waals surface area (Å²) < 4.78 is 18.2. The van der Waals surface area contributed by atoms with Gasteiger partial charge in [-0.3, -0.25) is 0 Å². The van der Waals surface area contributed by atoms with Gasteiger partial charge in [0, 0.05) is 5.69 Å². The van der Waals surface area contributed by atoms with Crippen LogP contribution in [-0.4, -0.2) is 11.1 Å². The van der Waals surface area contributed by atoms with Crippen molar-refractivity contribution >= 4 is 11.7 Å². The first-order valence-corrected chi connectivity index (χ1v) is 5.36. The summed E-state index contributed by atoms with van der Waals surface area (Å²) in [6.07, 6.45) is 1.18. The minimum Gasteiger partial charge on any atom is -0.478 e. The highest BCUT2D eigenvalue weighted by molar-refractivity contribution is 5.87. The Morgan fingerprint density at radius 1 is 1.39 bits per heavy atom. The van der Waals surface area contributed by atoms with Crippen LogP contribution in [0.15, 0.2) is 34.9 Å². The Hall–Kier alpha value is -2.30. The molecule has 2 N–H and O–H groups in total. The predicted octanol–water partition coefficient (Wildman–Crippen LogP) is 3.04. The highest BCUT2D eigenvalue weighted by Gasteiger charge is 2.08. The van der Waals surface area contributed by atoms with Crippen LogP contribution in [0.4, 0.5) is 10.1 Å². The fraction of sp³-hybridized carbons (Fsp3) is 0.154. The van der Waals surface area contributed by atoms with Crippen molar-refractivity contribution in [3.05, 3.63) is 53.2 Å². The molecule has 0 saturated carbocycles. The molecule has 0 unspecified atom stereocenters. The number of carboxylic acid groups (broad SMARTS) is 1. The van der Waals surface area contributed by atoms with E-state index in [9.17, 15) is 9.18 Å². The normalized spacial score (nSPS) is 10.3. The molecule has 0 radical (unpaired) electrons. The second-order valence-electron chi connectivity index (χ2n) is 3.98. The highest BCUT2D eigenvalue weighted by Crippen LogP contribution is 2.15. The van der Waals surface area contributed by atoms with Gasteiger partial charge < -0.3 is 14.8 Å². The molecule has 4 nitrogen and oxygen atoms in total. The zero-order valence-corrected chi connectivity index (χ0v) is 9.74. The van der Waals surface area contributed by atoms with E-state index in [1.54, 1.807) is 13.0 Å². The average Bonchev–Trinajstić information content (AvgIpc) is 2.73. The van der Waals surface area contributed by atoms with E-state index in [-0.39, 0.29) is 11.4 Å². The molecule has 0 aliphatic heterocycles. The summed E-state index contributed by atoms with van der Waals surface area (Å²) in [4.78, 5) is 10.6. The lowest BCUT2D eigenvalue weighted by molar-refractivity contribution is 0.0696. The fourth-order valence-electron chi connectivity index (χ4n) is 1.61. The van der Waals surface area contributed by atoms with Gasteiger partial charge in [-0.05, 0) is 36.8 Å². The van der Waals surface area contributed by atoms with Crippen molar-refractivity contribution in [3.63, 3.8) is 0 Å². The molecule has 0 bridgehead atoms. The second kappa shape index (κ2) is 4.91. The van der Waals surface area contributed by atoms with Crippen molar-refractivity contribution in [2.75, 3.05) is 5.32 Å². The minimum atomic E-state index is -1.04. The van der Waals surface area contributed by atoms with Crippen molar-refractivity contribution < 1.29 is 18.7 Å². The first-order valence-electron chi connectivity index (χ1n) is 5.36. The van der Waals surface area contributed by atoms with Gasteiger partial charge in [-0.2, -0.15) is 0 Å². The van der Waals surface area contributed by atoms with Crippen molar-refractivity contribution in [1.82, 2.24) is 0 Å². The molecule has 0 aliphatic carbocycles. The van der Waals surface area contributed by atoms with Crippen LogP contribution < -0.4 is 5.32 Å². The maximum absolute atomic E-state index is 13.1. The van der Waals surface area contributed by atoms with Crippen LogP contribution in [0.25, 0.3) is 0 Å². The molecule has 1 heterocycles. The minimum absolute atomic E-state index is 0.0993. The van der Waals surface area contributed by atoms with Crippen LogP contribution in [0.2, 0.25) is 0 Å². The Morgan fingerprint density at radius 3 is 2.78 bits per heavy atom. The van der Waals surface area contributed by atoms with Gasteiger partial charge in [0.05, 0.1) is 12.1 Å². The molecule has 18 heavy (non-hydrogen) atoms. The SMILES string of the molecule is Cc1cc(F)cc(NCc2cc(C(=O)O)co2)c1. The van der Waals surface area contributed by atoms with Crippen LogP contribution >= 0.6 is 0 Å². The summed E-state index contributed by atoms with van der Waals surface area (Å²) >= 11 is 0. The smallest absolute Gasteiger partial charge is 0.338 e. The van der Waals surface area contributed by atoms with E-state index < -0.39 is 5.97 Å². The number of aryl methyl sites for hydroxylation is 1. The molecular formula is C13H12FNO3. The maximum atomic E-state index is 13.1. The molecule has 0 fully saturated rings. The summed E-state index contributed by atoms with van der Waals surface area (Å²) in [5.41, 5.74) is 1.53. The van der Waals surface area contributed by atoms with E-state index in [1.165, 1.54) is 24.5 Å². The van der Waals surface area contributed by atoms with Gasteiger partial charge in [0.1, 0.15) is 17.8 Å². The Kier molecular flexibility index (Phi) is 3.32. The Labute approximate surface area is 103 Å². The van der Waals surface area contributed by atoms with Crippen LogP contribution in [0.3, 0.4) is 0 Å². The van der Waals surface area contributed by atoms with Crippen molar-refractivity contribution in [1.29, 1.82) is 0 Å². The summed E-state index contributed by atoms with van der Waals surface area (Å²) in [7, 11) is 0. The lowest BCUT2D eigenvalue weighted by atomic mass is 10.2. The molecule has 0 amide bonds. The number of benzene rings is 1. The number of rotatable bonds is 4. The quantitative estimate of drug-likeness (QED) is 0.874. The van der Waals surface area contributed by atoms with E-state index in [2.05, 4.69) is 5.32 Å². The number of halogens is 1. The maximum Gasteiger partial charge on any atom is 0.338 e. The lowest BCUT2D eigenvalue weighted by Crippen LogP contribution is -1.99. The van der Waals surface area contributed by atoms with Crippen LogP contribution in [0.5, 0.6) is 0 Å². The fourth-order valence-corrected chi connectivity index (χ4v) is 1.61. The molecule has 2 aromatic rings. The van der Waals surface area contributed by atoms with Gasteiger partial charge in [-0.15, -0.1) is 0 Å². The monoisotopic (exact) mass is 249 g/mol. The largest absolute Gasteiger partial charge is 0.478 e. The molecule has 0 aliphatic rings. The number of aromatic carboxylic acids is 1. The zero-order chi connectivity index (χ0) is 13.1. The number of nitrogens with one attached hydrogen (secondary N) is 1. The van der Waals surface area contributed by atoms with Gasteiger partial charge in [0.15, 0.2) is 0 Å². The van der Waals surface area contributed by atoms with E-state index >= 15 is 0 Å². The molecule has 5 heteroatoms. The highest BCUT2D eigenvalue weighted by atomic mass is 19.1. The predicted molar refractivity (Wildman–Crippen MR) is 64.1 cm³/mol. The van der Waals surface area contributed by atoms with Crippen LogP contribution in [-0.2, 0) is 6.54 Å². The summed E-state index contributed by atoms with van der Waals surface area (Å²) in [6.45, 7) is 2.10. The van der Waals surface area contributed by atoms with Crippen LogP contribution in [0, 0.1) is 12.7 Å². The van der Waals surface area contributed by atoms with Gasteiger partial charge in [-0.1, -0.05) is 0 Å². The van der Waals surface area contributed by atoms with Crippen LogP contribution in [0.1, 0.15) is 21.7 Å². The Balaban J connectivity index is 2.04. The summed E-state index contributed by atoms with van der Waals surface area (Å²) in [6, 6.07) is 6.03. The molecule has 0 atom stereocenters. The van der Waals surface area contributed by atoms with Crippen molar-refractivity contribution in [2.45, 2.75) is 13.5 Å². The first kappa shape index (κ1) is 12.2. The van der Waals surface area contributed by atoms with Gasteiger partial charge in [0.2, 0.25) is 0 Å². The molecule has 1 aromatic heterocycles. The lowest BCUT2D eigenvalue weighted by Gasteiger charge is -2.05. The van der Waals surface area contributed by atoms with Gasteiger partial charge >= 0.3 is 5.97 Å². The second-order valence-corrected chi connectivity index (χ2v) is 3.98. The third-order valence-corrected chi connectivity index (χ3v) is 2.41. The van der Waals surface area contributed by atoms with E-state index in [4.69, 9.17) is 9.52 Å². The van der Waals surface area contributed by atoms with E-state index in [0.717, 1.165) is 5.56 Å². The Morgan fingerprint density at radius 2 is 2.17 bits per heavy atom. The molecule has 2 rings (SSSR count). The molecular weight excluding hydrogens is 237 g/mol. The number of anilines is 1. The van der Waals surface area contributed by atoms with Gasteiger partial charge in [0.25, 0.3) is 0 Å². The number of carbonyl (C=O) groups is 1. The van der Waals surface area contributed by atoms with Crippen molar-refractivity contribution in [3.8, 4) is 0 Å². The summed E-state index contributed by atoms with van der Waals surface area (Å²) in [5.74, 6) is -0.871. The number of hydrogen-bond donors (Lipinski definition) is 2. The first-order chi connectivity index (χ1) is 8.54. The Bertz CT molecular complexity index is 557. The van der Waals surface area contributed by atoms with E-state index in [1.807, 2.05) is 0 Å².